The number of benzene rings is 1. The normalized spacial score (nSPS) is 10.3. The zero-order chi connectivity index (χ0) is 18.3. The predicted molar refractivity (Wildman–Crippen MR) is 111 cm³/mol. The number of nitrogens with one attached hydrogen (secondary N) is 1. The molecule has 150 valence electrons. The number of hydrogen-bond donors (Lipinski definition) is 1. The number of likely N-dealkylation sites (N-methyl/N-ethyl adjacent to an activating group) is 1. The minimum Gasteiger partial charge on any atom is -0.491 e. The van der Waals surface area contributed by atoms with Crippen LogP contribution in [0, 0.1) is 0 Å². The van der Waals surface area contributed by atoms with Crippen molar-refractivity contribution < 1.29 is 14.3 Å². The third kappa shape index (κ3) is 10.5. The lowest BCUT2D eigenvalue weighted by molar-refractivity contribution is 0.142. The summed E-state index contributed by atoms with van der Waals surface area (Å²) in [6.07, 6.45) is 5.53. The van der Waals surface area contributed by atoms with Crippen molar-refractivity contribution in [1.29, 1.82) is 0 Å². The Balaban J connectivity index is 0.00000625. The highest BCUT2D eigenvalue weighted by Crippen LogP contribution is 2.24. The fourth-order valence-electron chi connectivity index (χ4n) is 2.54. The second kappa shape index (κ2) is 15.8. The number of hydrogen-bond acceptors (Lipinski definition) is 4. The topological polar surface area (TPSA) is 50.8 Å². The smallest absolute Gasteiger partial charge is 0.411 e. The SMILES string of the molecule is CCCCCCCOc1ccccc1NC(=O)OCCN(CC)CC.Cl. The van der Waals surface area contributed by atoms with Gasteiger partial charge in [0.2, 0.25) is 0 Å². The molecular weight excluding hydrogens is 352 g/mol. The molecule has 1 rings (SSSR count). The van der Waals surface area contributed by atoms with Gasteiger partial charge in [-0.25, -0.2) is 4.79 Å². The van der Waals surface area contributed by atoms with E-state index in [1.165, 1.54) is 25.7 Å². The maximum Gasteiger partial charge on any atom is 0.411 e. The van der Waals surface area contributed by atoms with Crippen molar-refractivity contribution in [3.63, 3.8) is 0 Å². The summed E-state index contributed by atoms with van der Waals surface area (Å²) in [7, 11) is 0. The lowest BCUT2D eigenvalue weighted by Crippen LogP contribution is -2.28. The monoisotopic (exact) mass is 386 g/mol. The molecule has 0 aromatic heterocycles. The predicted octanol–water partition coefficient (Wildman–Crippen LogP) is 5.35. The second-order valence-corrected chi connectivity index (χ2v) is 6.05. The van der Waals surface area contributed by atoms with E-state index in [0.29, 0.717) is 24.7 Å². The Morgan fingerprint density at radius 1 is 1.00 bits per heavy atom. The molecule has 1 aromatic rings. The Morgan fingerprint density at radius 3 is 2.38 bits per heavy atom. The van der Waals surface area contributed by atoms with Crippen molar-refractivity contribution >= 4 is 24.2 Å². The Hall–Kier alpha value is -1.46. The van der Waals surface area contributed by atoms with Gasteiger partial charge in [-0.05, 0) is 31.6 Å². The molecule has 1 amide bonds. The summed E-state index contributed by atoms with van der Waals surface area (Å²) in [5, 5.41) is 2.78. The molecule has 6 heteroatoms. The number of rotatable bonds is 13. The van der Waals surface area contributed by atoms with Crippen LogP contribution in [-0.2, 0) is 4.74 Å². The average Bonchev–Trinajstić information content (AvgIpc) is 2.63. The van der Waals surface area contributed by atoms with Crippen molar-refractivity contribution in [3.05, 3.63) is 24.3 Å². The van der Waals surface area contributed by atoms with E-state index in [2.05, 4.69) is 31.0 Å². The zero-order valence-corrected chi connectivity index (χ0v) is 17.3. The van der Waals surface area contributed by atoms with Crippen LogP contribution in [0.15, 0.2) is 24.3 Å². The molecule has 0 saturated carbocycles. The van der Waals surface area contributed by atoms with E-state index in [0.717, 1.165) is 26.1 Å². The van der Waals surface area contributed by atoms with Gasteiger partial charge in [-0.1, -0.05) is 58.6 Å². The number of nitrogens with zero attached hydrogens (tertiary/aromatic N) is 1. The largest absolute Gasteiger partial charge is 0.491 e. The lowest BCUT2D eigenvalue weighted by Gasteiger charge is -2.18. The van der Waals surface area contributed by atoms with Gasteiger partial charge in [-0.3, -0.25) is 5.32 Å². The summed E-state index contributed by atoms with van der Waals surface area (Å²) in [6.45, 7) is 10.1. The molecular formula is C20H35ClN2O3. The highest BCUT2D eigenvalue weighted by Gasteiger charge is 2.09. The van der Waals surface area contributed by atoms with Gasteiger partial charge in [-0.15, -0.1) is 12.4 Å². The van der Waals surface area contributed by atoms with Crippen LogP contribution < -0.4 is 10.1 Å². The molecule has 0 radical (unpaired) electrons. The van der Waals surface area contributed by atoms with Crippen LogP contribution in [0.3, 0.4) is 0 Å². The van der Waals surface area contributed by atoms with E-state index < -0.39 is 6.09 Å². The minimum atomic E-state index is -0.439. The van der Waals surface area contributed by atoms with Crippen molar-refractivity contribution in [2.45, 2.75) is 52.9 Å². The molecule has 0 fully saturated rings. The Bertz CT molecular complexity index is 482. The summed E-state index contributed by atoms with van der Waals surface area (Å²) >= 11 is 0. The fraction of sp³-hybridized carbons (Fsp3) is 0.650. The summed E-state index contributed by atoms with van der Waals surface area (Å²) in [6, 6.07) is 7.48. The van der Waals surface area contributed by atoms with Gasteiger partial charge >= 0.3 is 6.09 Å². The van der Waals surface area contributed by atoms with Gasteiger partial charge in [0.05, 0.1) is 12.3 Å². The Morgan fingerprint density at radius 2 is 1.69 bits per heavy atom. The first kappa shape index (κ1) is 24.5. The summed E-state index contributed by atoms with van der Waals surface area (Å²) < 4.78 is 11.1. The lowest BCUT2D eigenvalue weighted by atomic mass is 10.2. The van der Waals surface area contributed by atoms with Crippen molar-refractivity contribution in [2.24, 2.45) is 0 Å². The molecule has 0 saturated heterocycles. The van der Waals surface area contributed by atoms with E-state index in [1.807, 2.05) is 24.3 Å². The van der Waals surface area contributed by atoms with Gasteiger partial charge in [0.15, 0.2) is 0 Å². The molecule has 1 aromatic carbocycles. The van der Waals surface area contributed by atoms with Crippen LogP contribution in [0.2, 0.25) is 0 Å². The fourth-order valence-corrected chi connectivity index (χ4v) is 2.54. The number of ether oxygens (including phenoxy) is 2. The van der Waals surface area contributed by atoms with Crippen LogP contribution >= 0.6 is 12.4 Å². The van der Waals surface area contributed by atoms with E-state index in [1.54, 1.807) is 0 Å². The molecule has 0 bridgehead atoms. The van der Waals surface area contributed by atoms with Crippen LogP contribution in [0.25, 0.3) is 0 Å². The number of amides is 1. The van der Waals surface area contributed by atoms with Crippen LogP contribution in [0.5, 0.6) is 5.75 Å². The number of halogens is 1. The number of anilines is 1. The number of carbonyl (C=O) groups is 1. The molecule has 0 heterocycles. The van der Waals surface area contributed by atoms with Crippen molar-refractivity contribution in [2.75, 3.05) is 38.2 Å². The van der Waals surface area contributed by atoms with Crippen molar-refractivity contribution in [1.82, 2.24) is 4.90 Å². The number of carbonyl (C=O) groups excluding carboxylic acids is 1. The first-order valence-corrected chi connectivity index (χ1v) is 9.59. The highest BCUT2D eigenvalue weighted by molar-refractivity contribution is 5.86. The summed E-state index contributed by atoms with van der Waals surface area (Å²) in [4.78, 5) is 14.2. The minimum absolute atomic E-state index is 0. The number of unbranched alkanes of at least 4 members (excludes halogenated alkanes) is 4. The van der Waals surface area contributed by atoms with Gasteiger partial charge < -0.3 is 14.4 Å². The molecule has 0 aliphatic carbocycles. The molecule has 0 unspecified atom stereocenters. The first-order valence-electron chi connectivity index (χ1n) is 9.59. The van der Waals surface area contributed by atoms with Gasteiger partial charge in [0, 0.05) is 6.54 Å². The van der Waals surface area contributed by atoms with E-state index in [-0.39, 0.29) is 12.4 Å². The molecule has 0 atom stereocenters. The average molecular weight is 387 g/mol. The second-order valence-electron chi connectivity index (χ2n) is 6.05. The number of para-hydroxylation sites is 2. The third-order valence-corrected chi connectivity index (χ3v) is 4.16. The maximum atomic E-state index is 12.0. The van der Waals surface area contributed by atoms with E-state index in [9.17, 15) is 4.79 Å². The van der Waals surface area contributed by atoms with E-state index >= 15 is 0 Å². The molecule has 26 heavy (non-hydrogen) atoms. The Kier molecular flexibility index (Phi) is 14.9. The highest BCUT2D eigenvalue weighted by atomic mass is 35.5. The molecule has 0 aliphatic rings. The third-order valence-electron chi connectivity index (χ3n) is 4.16. The molecule has 1 N–H and O–H groups in total. The summed E-state index contributed by atoms with van der Waals surface area (Å²) in [5.41, 5.74) is 0.656. The molecule has 0 aliphatic heterocycles. The maximum absolute atomic E-state index is 12.0. The summed E-state index contributed by atoms with van der Waals surface area (Å²) in [5.74, 6) is 0.693. The molecule has 5 nitrogen and oxygen atoms in total. The van der Waals surface area contributed by atoms with Crippen LogP contribution in [-0.4, -0.2) is 43.8 Å². The molecule has 0 spiro atoms. The van der Waals surface area contributed by atoms with E-state index in [4.69, 9.17) is 9.47 Å². The van der Waals surface area contributed by atoms with Crippen LogP contribution in [0.4, 0.5) is 10.5 Å². The zero-order valence-electron chi connectivity index (χ0n) is 16.5. The first-order chi connectivity index (χ1) is 12.2. The van der Waals surface area contributed by atoms with Crippen LogP contribution in [0.1, 0.15) is 52.9 Å². The van der Waals surface area contributed by atoms with Crippen molar-refractivity contribution in [3.8, 4) is 5.75 Å². The van der Waals surface area contributed by atoms with Gasteiger partial charge in [0.25, 0.3) is 0 Å². The standard InChI is InChI=1S/C20H34N2O3.ClH/c1-4-7-8-9-12-16-24-19-14-11-10-13-18(19)21-20(23)25-17-15-22(5-2)6-3;/h10-11,13-14H,4-9,12,15-17H2,1-3H3,(H,21,23);1H. The van der Waals surface area contributed by atoms with Gasteiger partial charge in [0.1, 0.15) is 12.4 Å². The van der Waals surface area contributed by atoms with Gasteiger partial charge in [-0.2, -0.15) is 0 Å². The quantitative estimate of drug-likeness (QED) is 0.464. The Labute approximate surface area is 164 Å².